The molecule has 0 aliphatic heterocycles. The Morgan fingerprint density at radius 2 is 2.14 bits per heavy atom. The number of nitrogens with one attached hydrogen (secondary N) is 1. The number of hydrogen-bond donors (Lipinski definition) is 2. The molecule has 0 bridgehead atoms. The Morgan fingerprint density at radius 1 is 1.36 bits per heavy atom. The van der Waals surface area contributed by atoms with Crippen LogP contribution in [0, 0.1) is 0 Å². The number of nitrogens with zero attached hydrogens (tertiary/aromatic N) is 1. The van der Waals surface area contributed by atoms with E-state index in [-0.39, 0.29) is 18.7 Å². The lowest BCUT2D eigenvalue weighted by Crippen LogP contribution is -2.30. The Kier molecular flexibility index (Phi) is 5.91. The molecule has 1 atom stereocenters. The monoisotopic (exact) mass is 338 g/mol. The zero-order chi connectivity index (χ0) is 15.9. The lowest BCUT2D eigenvalue weighted by molar-refractivity contribution is -0.137. The third kappa shape index (κ3) is 4.82. The van der Waals surface area contributed by atoms with Gasteiger partial charge in [-0.15, -0.1) is 11.3 Å². The molecular weight excluding hydrogens is 324 g/mol. The van der Waals surface area contributed by atoms with Gasteiger partial charge in [-0.25, -0.2) is 4.98 Å². The maximum atomic E-state index is 12.0. The normalized spacial score (nSPS) is 11.9. The second-order valence-electron chi connectivity index (χ2n) is 4.67. The number of carbonyl (C=O) groups excluding carboxylic acids is 1. The zero-order valence-electron chi connectivity index (χ0n) is 11.7. The minimum atomic E-state index is -0.995. The Morgan fingerprint density at radius 3 is 2.77 bits per heavy atom. The summed E-state index contributed by atoms with van der Waals surface area (Å²) >= 11 is 7.58. The number of amides is 1. The van der Waals surface area contributed by atoms with E-state index in [0.717, 1.165) is 5.01 Å². The summed E-state index contributed by atoms with van der Waals surface area (Å²) in [6.45, 7) is 0. The Balaban J connectivity index is 2.01. The van der Waals surface area contributed by atoms with E-state index >= 15 is 0 Å². The second-order valence-corrected chi connectivity index (χ2v) is 6.05. The van der Waals surface area contributed by atoms with E-state index in [9.17, 15) is 9.59 Å². The summed E-state index contributed by atoms with van der Waals surface area (Å²) in [6.07, 6.45) is 2.27. The Labute approximate surface area is 137 Å². The largest absolute Gasteiger partial charge is 0.481 e. The van der Waals surface area contributed by atoms with Crippen LogP contribution in [0.15, 0.2) is 35.8 Å². The number of rotatable bonds is 7. The molecule has 2 aromatic rings. The van der Waals surface area contributed by atoms with E-state index in [1.165, 1.54) is 11.3 Å². The lowest BCUT2D eigenvalue weighted by atomic mass is 10.0. The van der Waals surface area contributed by atoms with Gasteiger partial charge in [0.15, 0.2) is 0 Å². The van der Waals surface area contributed by atoms with E-state index in [1.807, 2.05) is 5.38 Å². The van der Waals surface area contributed by atoms with Crippen molar-refractivity contribution >= 4 is 34.8 Å². The second kappa shape index (κ2) is 7.91. The average Bonchev–Trinajstić information content (AvgIpc) is 2.98. The van der Waals surface area contributed by atoms with Crippen LogP contribution in [-0.4, -0.2) is 22.0 Å². The Bertz CT molecular complexity index is 646. The number of aliphatic carboxylic acids is 1. The molecule has 0 unspecified atom stereocenters. The van der Waals surface area contributed by atoms with Crippen LogP contribution in [0.25, 0.3) is 0 Å². The molecule has 0 aliphatic carbocycles. The first-order valence-corrected chi connectivity index (χ1v) is 7.96. The predicted molar refractivity (Wildman–Crippen MR) is 85.0 cm³/mol. The summed E-state index contributed by atoms with van der Waals surface area (Å²) in [5, 5.41) is 14.9. The minimum Gasteiger partial charge on any atom is -0.481 e. The van der Waals surface area contributed by atoms with Gasteiger partial charge >= 0.3 is 5.97 Å². The smallest absolute Gasteiger partial charge is 0.305 e. The molecule has 0 spiro atoms. The maximum absolute atomic E-state index is 12.0. The molecule has 7 heteroatoms. The number of halogens is 1. The van der Waals surface area contributed by atoms with Gasteiger partial charge in [0.2, 0.25) is 5.91 Å². The number of carbonyl (C=O) groups is 2. The van der Waals surface area contributed by atoms with E-state index in [0.29, 0.717) is 17.0 Å². The summed E-state index contributed by atoms with van der Waals surface area (Å²) < 4.78 is 0. The van der Waals surface area contributed by atoms with E-state index in [4.69, 9.17) is 16.7 Å². The molecule has 1 amide bonds. The standard InChI is InChI=1S/C15H15ClN2O3S/c16-11-4-2-1-3-10(11)12(9-15(20)21)18-13(19)5-6-14-17-7-8-22-14/h1-4,7-8,12H,5-6,9H2,(H,18,19)(H,20,21)/t12-/m1/s1. The molecule has 1 aromatic heterocycles. The molecule has 0 aliphatic rings. The van der Waals surface area contributed by atoms with E-state index in [2.05, 4.69) is 10.3 Å². The first-order chi connectivity index (χ1) is 10.6. The van der Waals surface area contributed by atoms with Gasteiger partial charge in [-0.1, -0.05) is 29.8 Å². The van der Waals surface area contributed by atoms with Crippen LogP contribution in [0.3, 0.4) is 0 Å². The van der Waals surface area contributed by atoms with Gasteiger partial charge in [-0.2, -0.15) is 0 Å². The molecule has 5 nitrogen and oxygen atoms in total. The van der Waals surface area contributed by atoms with Gasteiger partial charge in [0.05, 0.1) is 17.5 Å². The number of benzene rings is 1. The molecule has 22 heavy (non-hydrogen) atoms. The summed E-state index contributed by atoms with van der Waals surface area (Å²) in [6, 6.07) is 6.27. The van der Waals surface area contributed by atoms with E-state index < -0.39 is 12.0 Å². The molecule has 0 saturated carbocycles. The lowest BCUT2D eigenvalue weighted by Gasteiger charge is -2.18. The van der Waals surface area contributed by atoms with Crippen LogP contribution in [0.2, 0.25) is 5.02 Å². The van der Waals surface area contributed by atoms with Crippen LogP contribution in [-0.2, 0) is 16.0 Å². The summed E-state index contributed by atoms with van der Waals surface area (Å²) in [5.74, 6) is -1.22. The number of carboxylic acids is 1. The van der Waals surface area contributed by atoms with Crippen molar-refractivity contribution in [3.05, 3.63) is 51.4 Å². The fourth-order valence-electron chi connectivity index (χ4n) is 2.03. The number of aromatic nitrogens is 1. The van der Waals surface area contributed by atoms with Gasteiger partial charge in [0, 0.05) is 29.4 Å². The quantitative estimate of drug-likeness (QED) is 0.813. The van der Waals surface area contributed by atoms with E-state index in [1.54, 1.807) is 30.5 Å². The van der Waals surface area contributed by atoms with Crippen molar-refractivity contribution in [3.8, 4) is 0 Å². The SMILES string of the molecule is O=C(O)C[C@@H](NC(=O)CCc1nccs1)c1ccccc1Cl. The number of thiazole rings is 1. The highest BCUT2D eigenvalue weighted by Crippen LogP contribution is 2.25. The molecule has 116 valence electrons. The minimum absolute atomic E-state index is 0.216. The topological polar surface area (TPSA) is 79.3 Å². The maximum Gasteiger partial charge on any atom is 0.305 e. The zero-order valence-corrected chi connectivity index (χ0v) is 13.2. The van der Waals surface area contributed by atoms with Gasteiger partial charge in [-0.3, -0.25) is 9.59 Å². The predicted octanol–water partition coefficient (Wildman–Crippen LogP) is 3.06. The molecule has 0 radical (unpaired) electrons. The van der Waals surface area contributed by atoms with Crippen molar-refractivity contribution in [1.82, 2.24) is 10.3 Å². The molecule has 1 heterocycles. The fraction of sp³-hybridized carbons (Fsp3) is 0.267. The Hall–Kier alpha value is -1.92. The van der Waals surface area contributed by atoms with Gasteiger partial charge in [0.25, 0.3) is 0 Å². The van der Waals surface area contributed by atoms with Crippen LogP contribution >= 0.6 is 22.9 Å². The van der Waals surface area contributed by atoms with Gasteiger partial charge in [0.1, 0.15) is 0 Å². The summed E-state index contributed by atoms with van der Waals surface area (Å²) in [5.41, 5.74) is 0.606. The molecule has 0 fully saturated rings. The van der Waals surface area contributed by atoms with Crippen molar-refractivity contribution < 1.29 is 14.7 Å². The van der Waals surface area contributed by atoms with Crippen LogP contribution in [0.1, 0.15) is 29.5 Å². The van der Waals surface area contributed by atoms with Gasteiger partial charge in [-0.05, 0) is 11.6 Å². The first kappa shape index (κ1) is 16.5. The van der Waals surface area contributed by atoms with Crippen molar-refractivity contribution in [2.75, 3.05) is 0 Å². The highest BCUT2D eigenvalue weighted by atomic mass is 35.5. The summed E-state index contributed by atoms with van der Waals surface area (Å²) in [7, 11) is 0. The fourth-order valence-corrected chi connectivity index (χ4v) is 2.92. The molecule has 1 aromatic carbocycles. The van der Waals surface area contributed by atoms with Crippen molar-refractivity contribution in [2.45, 2.75) is 25.3 Å². The first-order valence-electron chi connectivity index (χ1n) is 6.70. The average molecular weight is 339 g/mol. The van der Waals surface area contributed by atoms with Crippen molar-refractivity contribution in [1.29, 1.82) is 0 Å². The van der Waals surface area contributed by atoms with Crippen molar-refractivity contribution in [3.63, 3.8) is 0 Å². The van der Waals surface area contributed by atoms with Gasteiger partial charge < -0.3 is 10.4 Å². The third-order valence-corrected chi connectivity index (χ3v) is 4.23. The van der Waals surface area contributed by atoms with Crippen LogP contribution < -0.4 is 5.32 Å². The number of hydrogen-bond acceptors (Lipinski definition) is 4. The van der Waals surface area contributed by atoms with Crippen LogP contribution in [0.5, 0.6) is 0 Å². The van der Waals surface area contributed by atoms with Crippen LogP contribution in [0.4, 0.5) is 0 Å². The highest BCUT2D eigenvalue weighted by molar-refractivity contribution is 7.09. The molecule has 2 rings (SSSR count). The summed E-state index contributed by atoms with van der Waals surface area (Å²) in [4.78, 5) is 27.2. The number of carboxylic acid groups (broad SMARTS) is 1. The van der Waals surface area contributed by atoms with Crippen molar-refractivity contribution in [2.24, 2.45) is 0 Å². The molecular formula is C15H15ClN2O3S. The third-order valence-electron chi connectivity index (χ3n) is 3.04. The molecule has 0 saturated heterocycles. The molecule has 2 N–H and O–H groups in total. The highest BCUT2D eigenvalue weighted by Gasteiger charge is 2.20. The number of aryl methyl sites for hydroxylation is 1.